The molecule has 5 heteroatoms. The number of carbonyl (C=O) groups is 2. The quantitative estimate of drug-likeness (QED) is 0.816. The molecule has 0 unspecified atom stereocenters. The lowest BCUT2D eigenvalue weighted by atomic mass is 9.88. The second kappa shape index (κ2) is 7.59. The SMILES string of the molecule is CCOC(=O)C[C@H]1CN([C@H](C)c2ccccc2)C(=O)[C@@H]1[C@@H](C)O. The maximum Gasteiger partial charge on any atom is 0.306 e. The summed E-state index contributed by atoms with van der Waals surface area (Å²) < 4.78 is 5.00. The van der Waals surface area contributed by atoms with Crippen molar-refractivity contribution in [3.8, 4) is 0 Å². The largest absolute Gasteiger partial charge is 0.466 e. The van der Waals surface area contributed by atoms with Gasteiger partial charge in [0.15, 0.2) is 0 Å². The van der Waals surface area contributed by atoms with Crippen molar-refractivity contribution < 1.29 is 19.4 Å². The maximum absolute atomic E-state index is 12.7. The van der Waals surface area contributed by atoms with E-state index in [1.165, 1.54) is 0 Å². The number of aliphatic hydroxyl groups is 1. The predicted octanol–water partition coefficient (Wildman–Crippen LogP) is 2.16. The van der Waals surface area contributed by atoms with E-state index in [1.54, 1.807) is 18.7 Å². The number of likely N-dealkylation sites (tertiary alicyclic amines) is 1. The van der Waals surface area contributed by atoms with Crippen LogP contribution in [0.15, 0.2) is 30.3 Å². The number of amides is 1. The average Bonchev–Trinajstić information content (AvgIpc) is 2.84. The first-order valence-corrected chi connectivity index (χ1v) is 8.14. The molecule has 1 fully saturated rings. The number of hydrogen-bond acceptors (Lipinski definition) is 4. The minimum atomic E-state index is -0.783. The summed E-state index contributed by atoms with van der Waals surface area (Å²) in [7, 11) is 0. The van der Waals surface area contributed by atoms with Crippen molar-refractivity contribution in [2.24, 2.45) is 11.8 Å². The van der Waals surface area contributed by atoms with Crippen LogP contribution in [0.25, 0.3) is 0 Å². The van der Waals surface area contributed by atoms with Crippen LogP contribution in [-0.4, -0.2) is 41.1 Å². The summed E-state index contributed by atoms with van der Waals surface area (Å²) in [4.78, 5) is 26.3. The molecule has 1 aliphatic heterocycles. The molecule has 0 radical (unpaired) electrons. The summed E-state index contributed by atoms with van der Waals surface area (Å²) >= 11 is 0. The molecule has 126 valence electrons. The van der Waals surface area contributed by atoms with Crippen LogP contribution in [0.2, 0.25) is 0 Å². The van der Waals surface area contributed by atoms with Crippen LogP contribution < -0.4 is 0 Å². The molecular weight excluding hydrogens is 294 g/mol. The fourth-order valence-corrected chi connectivity index (χ4v) is 3.34. The van der Waals surface area contributed by atoms with Gasteiger partial charge in [-0.15, -0.1) is 0 Å². The Morgan fingerprint density at radius 2 is 2.00 bits per heavy atom. The Kier molecular flexibility index (Phi) is 5.77. The summed E-state index contributed by atoms with van der Waals surface area (Å²) in [6.45, 7) is 6.12. The molecule has 23 heavy (non-hydrogen) atoms. The Morgan fingerprint density at radius 1 is 1.35 bits per heavy atom. The van der Waals surface area contributed by atoms with Gasteiger partial charge >= 0.3 is 5.97 Å². The van der Waals surface area contributed by atoms with Gasteiger partial charge in [-0.3, -0.25) is 9.59 Å². The molecule has 1 aromatic carbocycles. The number of ether oxygens (including phenoxy) is 1. The second-order valence-electron chi connectivity index (χ2n) is 6.11. The van der Waals surface area contributed by atoms with E-state index in [4.69, 9.17) is 4.74 Å². The van der Waals surface area contributed by atoms with Crippen LogP contribution in [-0.2, 0) is 14.3 Å². The number of hydrogen-bond donors (Lipinski definition) is 1. The normalized spacial score (nSPS) is 23.7. The highest BCUT2D eigenvalue weighted by atomic mass is 16.5. The Bertz CT molecular complexity index is 543. The highest BCUT2D eigenvalue weighted by Crippen LogP contribution is 2.35. The molecule has 1 N–H and O–H groups in total. The van der Waals surface area contributed by atoms with E-state index < -0.39 is 12.0 Å². The Balaban J connectivity index is 2.16. The molecule has 5 nitrogen and oxygen atoms in total. The van der Waals surface area contributed by atoms with Gasteiger partial charge in [-0.2, -0.15) is 0 Å². The average molecular weight is 319 g/mol. The van der Waals surface area contributed by atoms with Crippen molar-refractivity contribution in [3.05, 3.63) is 35.9 Å². The minimum absolute atomic E-state index is 0.0860. The molecule has 2 rings (SSSR count). The molecule has 0 bridgehead atoms. The van der Waals surface area contributed by atoms with Gasteiger partial charge in [0.25, 0.3) is 0 Å². The third-order valence-corrected chi connectivity index (χ3v) is 4.51. The van der Waals surface area contributed by atoms with E-state index in [0.717, 1.165) is 5.56 Å². The number of rotatable bonds is 6. The Labute approximate surface area is 137 Å². The third kappa shape index (κ3) is 3.91. The topological polar surface area (TPSA) is 66.8 Å². The molecule has 4 atom stereocenters. The Hall–Kier alpha value is -1.88. The molecule has 1 heterocycles. The predicted molar refractivity (Wildman–Crippen MR) is 86.5 cm³/mol. The van der Waals surface area contributed by atoms with Gasteiger partial charge in [0, 0.05) is 12.5 Å². The van der Waals surface area contributed by atoms with Gasteiger partial charge < -0.3 is 14.7 Å². The standard InChI is InChI=1S/C18H25NO4/c1-4-23-16(21)10-15-11-19(18(22)17(15)13(3)20)12(2)14-8-6-5-7-9-14/h5-9,12-13,15,17,20H,4,10-11H2,1-3H3/t12-,13-,15+,17-/m1/s1. The van der Waals surface area contributed by atoms with Gasteiger partial charge in [0.2, 0.25) is 5.91 Å². The van der Waals surface area contributed by atoms with Crippen molar-refractivity contribution >= 4 is 11.9 Å². The van der Waals surface area contributed by atoms with Gasteiger partial charge in [0.05, 0.1) is 31.1 Å². The zero-order valence-corrected chi connectivity index (χ0v) is 13.9. The van der Waals surface area contributed by atoms with Crippen molar-refractivity contribution in [3.63, 3.8) is 0 Å². The molecule has 0 aromatic heterocycles. The van der Waals surface area contributed by atoms with E-state index in [9.17, 15) is 14.7 Å². The van der Waals surface area contributed by atoms with Crippen LogP contribution in [0.4, 0.5) is 0 Å². The van der Waals surface area contributed by atoms with E-state index in [-0.39, 0.29) is 30.3 Å². The van der Waals surface area contributed by atoms with Crippen molar-refractivity contribution in [1.82, 2.24) is 4.90 Å². The summed E-state index contributed by atoms with van der Waals surface area (Å²) in [6.07, 6.45) is -0.623. The molecule has 1 saturated heterocycles. The van der Waals surface area contributed by atoms with Gasteiger partial charge in [-0.25, -0.2) is 0 Å². The van der Waals surface area contributed by atoms with Crippen molar-refractivity contribution in [1.29, 1.82) is 0 Å². The fourth-order valence-electron chi connectivity index (χ4n) is 3.34. The van der Waals surface area contributed by atoms with Crippen LogP contribution in [0.1, 0.15) is 38.8 Å². The van der Waals surface area contributed by atoms with E-state index in [2.05, 4.69) is 0 Å². The molecule has 0 saturated carbocycles. The first-order chi connectivity index (χ1) is 11.0. The van der Waals surface area contributed by atoms with Crippen LogP contribution in [0.5, 0.6) is 0 Å². The van der Waals surface area contributed by atoms with Crippen LogP contribution in [0.3, 0.4) is 0 Å². The first-order valence-electron chi connectivity index (χ1n) is 8.14. The highest BCUT2D eigenvalue weighted by Gasteiger charge is 2.45. The minimum Gasteiger partial charge on any atom is -0.466 e. The first kappa shape index (κ1) is 17.5. The molecule has 1 amide bonds. The second-order valence-corrected chi connectivity index (χ2v) is 6.11. The molecule has 1 aromatic rings. The molecule has 0 spiro atoms. The maximum atomic E-state index is 12.7. The number of carbonyl (C=O) groups excluding carboxylic acids is 2. The lowest BCUT2D eigenvalue weighted by molar-refractivity contribution is -0.144. The van der Waals surface area contributed by atoms with Gasteiger partial charge in [0.1, 0.15) is 0 Å². The lowest BCUT2D eigenvalue weighted by Crippen LogP contribution is -2.33. The number of esters is 1. The molecule has 0 aliphatic carbocycles. The monoisotopic (exact) mass is 319 g/mol. The van der Waals surface area contributed by atoms with E-state index >= 15 is 0 Å². The van der Waals surface area contributed by atoms with Crippen molar-refractivity contribution in [2.75, 3.05) is 13.2 Å². The lowest BCUT2D eigenvalue weighted by Gasteiger charge is -2.25. The number of benzene rings is 1. The summed E-state index contributed by atoms with van der Waals surface area (Å²) in [5.74, 6) is -1.17. The summed E-state index contributed by atoms with van der Waals surface area (Å²) in [5.41, 5.74) is 1.04. The number of aliphatic hydroxyl groups excluding tert-OH is 1. The van der Waals surface area contributed by atoms with Crippen LogP contribution in [0, 0.1) is 11.8 Å². The van der Waals surface area contributed by atoms with Gasteiger partial charge in [-0.05, 0) is 26.3 Å². The molecule has 1 aliphatic rings. The third-order valence-electron chi connectivity index (χ3n) is 4.51. The van der Waals surface area contributed by atoms with Gasteiger partial charge in [-0.1, -0.05) is 30.3 Å². The zero-order chi connectivity index (χ0) is 17.0. The smallest absolute Gasteiger partial charge is 0.306 e. The number of nitrogens with zero attached hydrogens (tertiary/aromatic N) is 1. The summed E-state index contributed by atoms with van der Waals surface area (Å²) in [5, 5.41) is 10.0. The molecular formula is C18H25NO4. The zero-order valence-electron chi connectivity index (χ0n) is 13.9. The highest BCUT2D eigenvalue weighted by molar-refractivity contribution is 5.83. The van der Waals surface area contributed by atoms with E-state index in [0.29, 0.717) is 13.2 Å². The Morgan fingerprint density at radius 3 is 2.57 bits per heavy atom. The fraction of sp³-hybridized carbons (Fsp3) is 0.556. The van der Waals surface area contributed by atoms with Crippen molar-refractivity contribution in [2.45, 2.75) is 39.3 Å². The summed E-state index contributed by atoms with van der Waals surface area (Å²) in [6, 6.07) is 9.69. The van der Waals surface area contributed by atoms with E-state index in [1.807, 2.05) is 37.3 Å². The van der Waals surface area contributed by atoms with Crippen LogP contribution >= 0.6 is 0 Å².